The number of nitrogens with one attached hydrogen (secondary N) is 1. The molecule has 7 heteroatoms. The van der Waals surface area contributed by atoms with Crippen molar-refractivity contribution in [1.82, 2.24) is 0 Å². The van der Waals surface area contributed by atoms with Gasteiger partial charge in [-0.1, -0.05) is 30.1 Å². The second-order valence-corrected chi connectivity index (χ2v) is 4.63. The van der Waals surface area contributed by atoms with Crippen LogP contribution in [-0.4, -0.2) is 22.7 Å². The molecule has 0 aliphatic carbocycles. The fourth-order valence-electron chi connectivity index (χ4n) is 1.40. The molecule has 0 spiro atoms. The fraction of sp³-hybridized carbons (Fsp3) is 0.455. The van der Waals surface area contributed by atoms with Gasteiger partial charge in [-0.3, -0.25) is 10.1 Å². The number of benzene rings is 1. The molecule has 0 radical (unpaired) electrons. The summed E-state index contributed by atoms with van der Waals surface area (Å²) in [6, 6.07) is 2.48. The summed E-state index contributed by atoms with van der Waals surface area (Å²) < 4.78 is 0. The zero-order valence-electron chi connectivity index (χ0n) is 9.82. The van der Waals surface area contributed by atoms with E-state index in [0.29, 0.717) is 25.1 Å². The summed E-state index contributed by atoms with van der Waals surface area (Å²) in [6.45, 7) is 2.38. The van der Waals surface area contributed by atoms with Gasteiger partial charge < -0.3 is 10.4 Å². The van der Waals surface area contributed by atoms with Gasteiger partial charge in [0.25, 0.3) is 5.69 Å². The van der Waals surface area contributed by atoms with Crippen molar-refractivity contribution < 1.29 is 10.0 Å². The molecule has 0 heterocycles. The van der Waals surface area contributed by atoms with Gasteiger partial charge in [0.15, 0.2) is 0 Å². The Labute approximate surface area is 115 Å². The molecule has 0 saturated carbocycles. The van der Waals surface area contributed by atoms with Gasteiger partial charge in [-0.25, -0.2) is 0 Å². The van der Waals surface area contributed by atoms with Crippen molar-refractivity contribution in [1.29, 1.82) is 0 Å². The van der Waals surface area contributed by atoms with Gasteiger partial charge in [-0.05, 0) is 12.8 Å². The minimum Gasteiger partial charge on any atom is -0.393 e. The van der Waals surface area contributed by atoms with Crippen molar-refractivity contribution in [3.63, 3.8) is 0 Å². The molecule has 0 aromatic heterocycles. The summed E-state index contributed by atoms with van der Waals surface area (Å²) >= 11 is 11.8. The molecular weight excluding hydrogens is 279 g/mol. The van der Waals surface area contributed by atoms with Crippen LogP contribution in [0.15, 0.2) is 12.1 Å². The van der Waals surface area contributed by atoms with Crippen molar-refractivity contribution in [2.45, 2.75) is 25.9 Å². The number of nitrogens with zero attached hydrogens (tertiary/aromatic N) is 1. The molecule has 0 amide bonds. The van der Waals surface area contributed by atoms with Crippen molar-refractivity contribution in [2.24, 2.45) is 0 Å². The summed E-state index contributed by atoms with van der Waals surface area (Å²) in [6.07, 6.45) is 0.844. The predicted molar refractivity (Wildman–Crippen MR) is 72.5 cm³/mol. The first-order valence-corrected chi connectivity index (χ1v) is 6.26. The van der Waals surface area contributed by atoms with Gasteiger partial charge in [-0.2, -0.15) is 0 Å². The molecule has 100 valence electrons. The molecule has 0 bridgehead atoms. The first-order valence-electron chi connectivity index (χ1n) is 5.51. The lowest BCUT2D eigenvalue weighted by atomic mass is 10.2. The quantitative estimate of drug-likeness (QED) is 0.622. The van der Waals surface area contributed by atoms with Crippen LogP contribution in [0.2, 0.25) is 10.0 Å². The normalized spacial score (nSPS) is 12.2. The number of non-ortho nitro benzene ring substituents is 1. The molecule has 1 unspecified atom stereocenters. The van der Waals surface area contributed by atoms with Crippen LogP contribution < -0.4 is 5.32 Å². The van der Waals surface area contributed by atoms with Gasteiger partial charge >= 0.3 is 0 Å². The molecular formula is C11H14Cl2N2O3. The Hall–Kier alpha value is -1.04. The minimum atomic E-state index is -0.553. The molecule has 0 fully saturated rings. The van der Waals surface area contributed by atoms with Crippen molar-refractivity contribution >= 4 is 34.6 Å². The smallest absolute Gasteiger partial charge is 0.272 e. The molecule has 1 rings (SSSR count). The third kappa shape index (κ3) is 4.01. The molecule has 2 N–H and O–H groups in total. The average Bonchev–Trinajstić information content (AvgIpc) is 2.31. The number of anilines is 1. The van der Waals surface area contributed by atoms with E-state index in [4.69, 9.17) is 23.2 Å². The lowest BCUT2D eigenvalue weighted by Gasteiger charge is -2.12. The van der Waals surface area contributed by atoms with E-state index in [-0.39, 0.29) is 21.8 Å². The third-order valence-corrected chi connectivity index (χ3v) is 3.08. The molecule has 1 aromatic rings. The predicted octanol–water partition coefficient (Wildman–Crippen LogP) is 3.47. The zero-order chi connectivity index (χ0) is 13.7. The monoisotopic (exact) mass is 292 g/mol. The van der Waals surface area contributed by atoms with Crippen LogP contribution in [0.25, 0.3) is 0 Å². The Bertz CT molecular complexity index is 417. The maximum absolute atomic E-state index is 10.6. The maximum atomic E-state index is 10.6. The molecule has 1 atom stereocenters. The second kappa shape index (κ2) is 6.78. The van der Waals surface area contributed by atoms with Crippen LogP contribution in [0.5, 0.6) is 0 Å². The van der Waals surface area contributed by atoms with Crippen LogP contribution in [0.4, 0.5) is 11.4 Å². The number of rotatable bonds is 6. The van der Waals surface area contributed by atoms with E-state index in [1.54, 1.807) is 0 Å². The molecule has 0 aliphatic heterocycles. The summed E-state index contributed by atoms with van der Waals surface area (Å²) in [5, 5.41) is 23.3. The van der Waals surface area contributed by atoms with Crippen molar-refractivity contribution in [3.05, 3.63) is 32.3 Å². The summed E-state index contributed by atoms with van der Waals surface area (Å²) in [7, 11) is 0. The van der Waals surface area contributed by atoms with E-state index >= 15 is 0 Å². The first kappa shape index (κ1) is 15.0. The first-order chi connectivity index (χ1) is 8.45. The molecule has 1 aromatic carbocycles. The van der Waals surface area contributed by atoms with Crippen LogP contribution in [0.3, 0.4) is 0 Å². The minimum absolute atomic E-state index is 0.149. The number of nitro groups is 1. The highest BCUT2D eigenvalue weighted by Crippen LogP contribution is 2.34. The maximum Gasteiger partial charge on any atom is 0.272 e. The van der Waals surface area contributed by atoms with Crippen LogP contribution in [0, 0.1) is 10.1 Å². The van der Waals surface area contributed by atoms with E-state index in [1.807, 2.05) is 6.92 Å². The standard InChI is InChI=1S/C11H14Cl2N2O3/c1-2-8(16)3-4-14-11-9(12)5-7(15(17)18)6-10(11)13/h5-6,8,14,16H,2-4H2,1H3. The van der Waals surface area contributed by atoms with Gasteiger partial charge in [-0.15, -0.1) is 0 Å². The lowest BCUT2D eigenvalue weighted by molar-refractivity contribution is -0.384. The number of nitro benzene ring substituents is 1. The van der Waals surface area contributed by atoms with Crippen molar-refractivity contribution in [2.75, 3.05) is 11.9 Å². The topological polar surface area (TPSA) is 75.4 Å². The largest absolute Gasteiger partial charge is 0.393 e. The van der Waals surface area contributed by atoms with Crippen molar-refractivity contribution in [3.8, 4) is 0 Å². The number of aliphatic hydroxyl groups excluding tert-OH is 1. The number of halogens is 2. The number of aliphatic hydroxyl groups is 1. The third-order valence-electron chi connectivity index (χ3n) is 2.49. The van der Waals surface area contributed by atoms with Gasteiger partial charge in [0.2, 0.25) is 0 Å². The van der Waals surface area contributed by atoms with E-state index in [2.05, 4.69) is 5.32 Å². The van der Waals surface area contributed by atoms with Crippen LogP contribution in [0.1, 0.15) is 19.8 Å². The van der Waals surface area contributed by atoms with Gasteiger partial charge in [0.1, 0.15) is 0 Å². The SMILES string of the molecule is CCC(O)CCNc1c(Cl)cc([N+](=O)[O-])cc1Cl. The fourth-order valence-corrected chi connectivity index (χ4v) is 2.01. The highest BCUT2D eigenvalue weighted by atomic mass is 35.5. The summed E-state index contributed by atoms with van der Waals surface area (Å²) in [4.78, 5) is 10.0. The molecule has 18 heavy (non-hydrogen) atoms. The molecule has 5 nitrogen and oxygen atoms in total. The number of hydrogen-bond acceptors (Lipinski definition) is 4. The highest BCUT2D eigenvalue weighted by molar-refractivity contribution is 6.39. The van der Waals surface area contributed by atoms with E-state index in [1.165, 1.54) is 12.1 Å². The Kier molecular flexibility index (Phi) is 5.65. The van der Waals surface area contributed by atoms with Gasteiger partial charge in [0, 0.05) is 18.7 Å². The second-order valence-electron chi connectivity index (χ2n) is 3.82. The summed E-state index contributed by atoms with van der Waals surface area (Å²) in [5.41, 5.74) is 0.302. The van der Waals surface area contributed by atoms with E-state index in [0.717, 1.165) is 0 Å². The van der Waals surface area contributed by atoms with E-state index < -0.39 is 4.92 Å². The van der Waals surface area contributed by atoms with Crippen LogP contribution in [-0.2, 0) is 0 Å². The Balaban J connectivity index is 2.75. The summed E-state index contributed by atoms with van der Waals surface area (Å²) in [5.74, 6) is 0. The Morgan fingerprint density at radius 3 is 2.44 bits per heavy atom. The molecule has 0 aliphatic rings. The zero-order valence-corrected chi connectivity index (χ0v) is 11.3. The Morgan fingerprint density at radius 2 is 2.00 bits per heavy atom. The molecule has 0 saturated heterocycles. The number of hydrogen-bond donors (Lipinski definition) is 2. The van der Waals surface area contributed by atoms with E-state index in [9.17, 15) is 15.2 Å². The van der Waals surface area contributed by atoms with Gasteiger partial charge in [0.05, 0.1) is 26.8 Å². The van der Waals surface area contributed by atoms with Crippen LogP contribution >= 0.6 is 23.2 Å². The lowest BCUT2D eigenvalue weighted by Crippen LogP contribution is -2.12. The average molecular weight is 293 g/mol. The Morgan fingerprint density at radius 1 is 1.44 bits per heavy atom. The highest BCUT2D eigenvalue weighted by Gasteiger charge is 2.14.